The second-order valence-electron chi connectivity index (χ2n) is 4.38. The molecule has 1 amide bonds. The fourth-order valence-corrected chi connectivity index (χ4v) is 1.73. The zero-order valence-electron chi connectivity index (χ0n) is 10.9. The van der Waals surface area contributed by atoms with Gasteiger partial charge in [-0.1, -0.05) is 25.4 Å². The maximum Gasteiger partial charge on any atom is 0.326 e. The predicted octanol–water partition coefficient (Wildman–Crippen LogP) is 2.19. The lowest BCUT2D eigenvalue weighted by Gasteiger charge is -2.18. The van der Waals surface area contributed by atoms with Crippen LogP contribution in [0.15, 0.2) is 18.2 Å². The Balaban J connectivity index is 2.91. The molecule has 0 aromatic heterocycles. The molecule has 5 nitrogen and oxygen atoms in total. The first-order chi connectivity index (χ1) is 8.86. The second-order valence-corrected chi connectivity index (χ2v) is 4.79. The topological polar surface area (TPSA) is 75.6 Å². The molecule has 0 unspecified atom stereocenters. The molecule has 6 heteroatoms. The van der Waals surface area contributed by atoms with E-state index in [1.807, 2.05) is 0 Å². The highest BCUT2D eigenvalue weighted by Crippen LogP contribution is 2.25. The number of aliphatic carboxylic acids is 1. The predicted molar refractivity (Wildman–Crippen MR) is 71.7 cm³/mol. The van der Waals surface area contributed by atoms with Crippen LogP contribution in [0.5, 0.6) is 5.75 Å². The van der Waals surface area contributed by atoms with Crippen molar-refractivity contribution in [1.29, 1.82) is 0 Å². The highest BCUT2D eigenvalue weighted by atomic mass is 35.5. The summed E-state index contributed by atoms with van der Waals surface area (Å²) < 4.78 is 5.01. The third-order valence-electron chi connectivity index (χ3n) is 2.63. The largest absolute Gasteiger partial charge is 0.495 e. The number of ether oxygens (including phenoxy) is 1. The molecular weight excluding hydrogens is 270 g/mol. The van der Waals surface area contributed by atoms with E-state index in [1.54, 1.807) is 13.8 Å². The lowest BCUT2D eigenvalue weighted by Crippen LogP contribution is -2.44. The fraction of sp³-hybridized carbons (Fsp3) is 0.385. The SMILES string of the molecule is COc1cc(C(=O)N[C@H](C(=O)O)C(C)C)ccc1Cl. The summed E-state index contributed by atoms with van der Waals surface area (Å²) in [6.45, 7) is 3.45. The van der Waals surface area contributed by atoms with Gasteiger partial charge in [0.1, 0.15) is 11.8 Å². The number of carboxylic acid groups (broad SMARTS) is 1. The molecular formula is C13H16ClNO4. The molecule has 0 aliphatic heterocycles. The number of carboxylic acids is 1. The van der Waals surface area contributed by atoms with Gasteiger partial charge in [-0.3, -0.25) is 4.79 Å². The van der Waals surface area contributed by atoms with E-state index in [2.05, 4.69) is 5.32 Å². The van der Waals surface area contributed by atoms with Gasteiger partial charge in [0.15, 0.2) is 0 Å². The third kappa shape index (κ3) is 3.86. The Hall–Kier alpha value is -1.75. The summed E-state index contributed by atoms with van der Waals surface area (Å²) in [5, 5.41) is 11.9. The molecule has 1 aromatic rings. The number of hydrogen-bond donors (Lipinski definition) is 2. The average molecular weight is 286 g/mol. The summed E-state index contributed by atoms with van der Waals surface area (Å²) in [4.78, 5) is 23.0. The smallest absolute Gasteiger partial charge is 0.326 e. The second kappa shape index (κ2) is 6.43. The minimum Gasteiger partial charge on any atom is -0.495 e. The van der Waals surface area contributed by atoms with Gasteiger partial charge in [-0.2, -0.15) is 0 Å². The Bertz CT molecular complexity index is 488. The van der Waals surface area contributed by atoms with Gasteiger partial charge in [0.2, 0.25) is 0 Å². The zero-order chi connectivity index (χ0) is 14.6. The quantitative estimate of drug-likeness (QED) is 0.869. The minimum atomic E-state index is -1.07. The Morgan fingerprint density at radius 1 is 1.37 bits per heavy atom. The highest BCUT2D eigenvalue weighted by molar-refractivity contribution is 6.32. The van der Waals surface area contributed by atoms with Crippen LogP contribution >= 0.6 is 11.6 Å². The first kappa shape index (κ1) is 15.3. The van der Waals surface area contributed by atoms with E-state index in [0.717, 1.165) is 0 Å². The van der Waals surface area contributed by atoms with Crippen molar-refractivity contribution in [3.63, 3.8) is 0 Å². The Labute approximate surface area is 116 Å². The summed E-state index contributed by atoms with van der Waals surface area (Å²) in [7, 11) is 1.44. The number of methoxy groups -OCH3 is 1. The monoisotopic (exact) mass is 285 g/mol. The van der Waals surface area contributed by atoms with Crippen LogP contribution in [0.3, 0.4) is 0 Å². The van der Waals surface area contributed by atoms with Crippen molar-refractivity contribution in [2.24, 2.45) is 5.92 Å². The molecule has 0 aliphatic rings. The lowest BCUT2D eigenvalue weighted by atomic mass is 10.0. The van der Waals surface area contributed by atoms with Gasteiger partial charge in [0.05, 0.1) is 12.1 Å². The summed E-state index contributed by atoms with van der Waals surface area (Å²) in [5.41, 5.74) is 0.299. The van der Waals surface area contributed by atoms with Gasteiger partial charge in [-0.15, -0.1) is 0 Å². The molecule has 0 fully saturated rings. The highest BCUT2D eigenvalue weighted by Gasteiger charge is 2.24. The molecule has 19 heavy (non-hydrogen) atoms. The van der Waals surface area contributed by atoms with E-state index in [1.165, 1.54) is 25.3 Å². The van der Waals surface area contributed by atoms with Crippen molar-refractivity contribution in [2.45, 2.75) is 19.9 Å². The molecule has 2 N–H and O–H groups in total. The Kier molecular flexibility index (Phi) is 5.18. The Morgan fingerprint density at radius 3 is 2.47 bits per heavy atom. The van der Waals surface area contributed by atoms with E-state index < -0.39 is 17.9 Å². The number of amides is 1. The van der Waals surface area contributed by atoms with Crippen LogP contribution in [-0.4, -0.2) is 30.1 Å². The van der Waals surface area contributed by atoms with Crippen LogP contribution in [0.2, 0.25) is 5.02 Å². The Morgan fingerprint density at radius 2 is 2.00 bits per heavy atom. The molecule has 0 aliphatic carbocycles. The molecule has 0 spiro atoms. The van der Waals surface area contributed by atoms with E-state index >= 15 is 0 Å². The molecule has 1 aromatic carbocycles. The van der Waals surface area contributed by atoms with Gasteiger partial charge in [-0.05, 0) is 24.1 Å². The van der Waals surface area contributed by atoms with E-state index in [0.29, 0.717) is 16.3 Å². The molecule has 1 atom stereocenters. The number of halogens is 1. The molecule has 0 saturated carbocycles. The fourth-order valence-electron chi connectivity index (χ4n) is 1.54. The van der Waals surface area contributed by atoms with Crippen LogP contribution in [-0.2, 0) is 4.79 Å². The van der Waals surface area contributed by atoms with Gasteiger partial charge in [0.25, 0.3) is 5.91 Å². The summed E-state index contributed by atoms with van der Waals surface area (Å²) in [5.74, 6) is -1.39. The molecule has 0 bridgehead atoms. The summed E-state index contributed by atoms with van der Waals surface area (Å²) in [6, 6.07) is 3.57. The van der Waals surface area contributed by atoms with Gasteiger partial charge in [0, 0.05) is 5.56 Å². The zero-order valence-corrected chi connectivity index (χ0v) is 11.7. The van der Waals surface area contributed by atoms with Crippen LogP contribution in [0, 0.1) is 5.92 Å². The number of hydrogen-bond acceptors (Lipinski definition) is 3. The maximum atomic E-state index is 12.0. The van der Waals surface area contributed by atoms with Crippen molar-refractivity contribution >= 4 is 23.5 Å². The van der Waals surface area contributed by atoms with Crippen molar-refractivity contribution < 1.29 is 19.4 Å². The molecule has 0 heterocycles. The third-order valence-corrected chi connectivity index (χ3v) is 2.94. The average Bonchev–Trinajstić information content (AvgIpc) is 2.35. The molecule has 0 saturated heterocycles. The first-order valence-corrected chi connectivity index (χ1v) is 6.11. The maximum absolute atomic E-state index is 12.0. The summed E-state index contributed by atoms with van der Waals surface area (Å²) >= 11 is 5.86. The standard InChI is InChI=1S/C13H16ClNO4/c1-7(2)11(13(17)18)15-12(16)8-4-5-9(14)10(6-8)19-3/h4-7,11H,1-3H3,(H,15,16)(H,17,18)/t11-/m0/s1. The van der Waals surface area contributed by atoms with Crippen molar-refractivity contribution in [1.82, 2.24) is 5.32 Å². The number of rotatable bonds is 5. The first-order valence-electron chi connectivity index (χ1n) is 5.74. The van der Waals surface area contributed by atoms with Crippen LogP contribution < -0.4 is 10.1 Å². The summed E-state index contributed by atoms with van der Waals surface area (Å²) in [6.07, 6.45) is 0. The van der Waals surface area contributed by atoms with E-state index in [4.69, 9.17) is 21.4 Å². The number of benzene rings is 1. The van der Waals surface area contributed by atoms with Crippen LogP contribution in [0.25, 0.3) is 0 Å². The van der Waals surface area contributed by atoms with Gasteiger partial charge >= 0.3 is 5.97 Å². The van der Waals surface area contributed by atoms with E-state index in [9.17, 15) is 9.59 Å². The van der Waals surface area contributed by atoms with Crippen LogP contribution in [0.1, 0.15) is 24.2 Å². The molecule has 0 radical (unpaired) electrons. The van der Waals surface area contributed by atoms with Crippen LogP contribution in [0.4, 0.5) is 0 Å². The van der Waals surface area contributed by atoms with Crippen molar-refractivity contribution in [3.05, 3.63) is 28.8 Å². The minimum absolute atomic E-state index is 0.212. The molecule has 104 valence electrons. The van der Waals surface area contributed by atoms with Crippen molar-refractivity contribution in [3.8, 4) is 5.75 Å². The van der Waals surface area contributed by atoms with Gasteiger partial charge in [-0.25, -0.2) is 4.79 Å². The van der Waals surface area contributed by atoms with Crippen molar-refractivity contribution in [2.75, 3.05) is 7.11 Å². The number of carbonyl (C=O) groups excluding carboxylic acids is 1. The number of carbonyl (C=O) groups is 2. The van der Waals surface area contributed by atoms with Gasteiger partial charge < -0.3 is 15.2 Å². The normalized spacial score (nSPS) is 12.1. The molecule has 1 rings (SSSR count). The lowest BCUT2D eigenvalue weighted by molar-refractivity contribution is -0.140. The number of nitrogens with one attached hydrogen (secondary N) is 1. The van der Waals surface area contributed by atoms with E-state index in [-0.39, 0.29) is 5.92 Å².